The minimum atomic E-state index is -0.323. The molecule has 0 unspecified atom stereocenters. The highest BCUT2D eigenvalue weighted by atomic mass is 127. The number of aliphatic imine (C=N–C) groups is 1. The maximum atomic E-state index is 12.1. The quantitative estimate of drug-likeness (QED) is 0.233. The highest BCUT2D eigenvalue weighted by Gasteiger charge is 2.11. The summed E-state index contributed by atoms with van der Waals surface area (Å²) in [6.45, 7) is 4.05. The van der Waals surface area contributed by atoms with Crippen molar-refractivity contribution in [1.82, 2.24) is 30.3 Å². The predicted molar refractivity (Wildman–Crippen MR) is 114 cm³/mol. The van der Waals surface area contributed by atoms with Gasteiger partial charge in [-0.1, -0.05) is 12.1 Å². The average molecular weight is 487 g/mol. The molecule has 148 valence electrons. The lowest BCUT2D eigenvalue weighted by molar-refractivity contribution is 0.0952. The summed E-state index contributed by atoms with van der Waals surface area (Å²) in [4.78, 5) is 22.7. The Morgan fingerprint density at radius 1 is 1.33 bits per heavy atom. The predicted octanol–water partition coefficient (Wildman–Crippen LogP) is 0.966. The molecule has 10 heteroatoms. The van der Waals surface area contributed by atoms with Gasteiger partial charge >= 0.3 is 0 Å². The summed E-state index contributed by atoms with van der Waals surface area (Å²) in [6.07, 6.45) is 1.52. The van der Waals surface area contributed by atoms with Crippen LogP contribution in [0, 0.1) is 0 Å². The Bertz CT molecular complexity index is 763. The molecule has 0 fully saturated rings. The molecule has 0 aliphatic rings. The van der Waals surface area contributed by atoms with E-state index in [2.05, 4.69) is 25.7 Å². The van der Waals surface area contributed by atoms with E-state index >= 15 is 0 Å². The van der Waals surface area contributed by atoms with Crippen molar-refractivity contribution in [3.63, 3.8) is 0 Å². The molecular formula is C17H26IN7O2. The van der Waals surface area contributed by atoms with Crippen LogP contribution < -0.4 is 10.6 Å². The number of para-hydroxylation sites is 1. The topological polar surface area (TPSA) is 108 Å². The number of nitrogens with one attached hydrogen (secondary N) is 2. The Labute approximate surface area is 175 Å². The molecule has 0 saturated heterocycles. The number of aromatic nitrogens is 3. The molecular weight excluding hydrogens is 461 g/mol. The van der Waals surface area contributed by atoms with Crippen LogP contribution in [-0.2, 0) is 13.6 Å². The summed E-state index contributed by atoms with van der Waals surface area (Å²) in [5, 5.41) is 19.7. The number of amides is 1. The lowest BCUT2D eigenvalue weighted by Crippen LogP contribution is -2.39. The third kappa shape index (κ3) is 6.70. The second kappa shape index (κ2) is 11.4. The van der Waals surface area contributed by atoms with Gasteiger partial charge in [-0.25, -0.2) is 4.98 Å². The molecule has 1 amide bonds. The van der Waals surface area contributed by atoms with Gasteiger partial charge in [-0.2, -0.15) is 5.10 Å². The monoisotopic (exact) mass is 487 g/mol. The first-order chi connectivity index (χ1) is 12.5. The molecule has 0 bridgehead atoms. The first-order valence-electron chi connectivity index (χ1n) is 8.41. The number of phenolic OH excluding ortho intramolecular Hbond substituents is 1. The van der Waals surface area contributed by atoms with Crippen LogP contribution >= 0.6 is 24.0 Å². The van der Waals surface area contributed by atoms with Crippen molar-refractivity contribution in [2.24, 2.45) is 12.0 Å². The van der Waals surface area contributed by atoms with E-state index in [1.54, 1.807) is 22.9 Å². The molecule has 0 atom stereocenters. The van der Waals surface area contributed by atoms with Gasteiger partial charge in [0.15, 0.2) is 5.96 Å². The smallest absolute Gasteiger partial charge is 0.255 e. The molecule has 3 N–H and O–H groups in total. The van der Waals surface area contributed by atoms with Crippen LogP contribution in [0.15, 0.2) is 35.6 Å². The van der Waals surface area contributed by atoms with E-state index in [-0.39, 0.29) is 41.2 Å². The number of carbonyl (C=O) groups excluding carboxylic acids is 1. The largest absolute Gasteiger partial charge is 0.507 e. The number of aryl methyl sites for hydroxylation is 1. The van der Waals surface area contributed by atoms with Crippen molar-refractivity contribution >= 4 is 35.8 Å². The molecule has 1 heterocycles. The number of guanidine groups is 1. The molecule has 1 aromatic heterocycles. The molecule has 0 radical (unpaired) electrons. The number of hydrogen-bond acceptors (Lipinski definition) is 5. The molecule has 2 aromatic rings. The van der Waals surface area contributed by atoms with Crippen LogP contribution in [0.5, 0.6) is 5.75 Å². The number of halogens is 1. The lowest BCUT2D eigenvalue weighted by Gasteiger charge is -2.21. The highest BCUT2D eigenvalue weighted by molar-refractivity contribution is 14.0. The number of hydrogen-bond donors (Lipinski definition) is 3. The standard InChI is InChI=1S/C17H25N7O2.HI/c1-4-18-17(23(2)11-15-21-12-22-24(15)3)20-10-9-19-16(26)13-7-5-6-8-14(13)25;/h5-8,12,25H,4,9-11H2,1-3H3,(H,18,20)(H,19,26);1H. The second-order valence-electron chi connectivity index (χ2n) is 5.66. The van der Waals surface area contributed by atoms with Gasteiger partial charge in [-0.15, -0.1) is 24.0 Å². The van der Waals surface area contributed by atoms with E-state index in [9.17, 15) is 9.90 Å². The minimum absolute atomic E-state index is 0. The zero-order valence-electron chi connectivity index (χ0n) is 15.7. The van der Waals surface area contributed by atoms with E-state index < -0.39 is 0 Å². The van der Waals surface area contributed by atoms with Gasteiger partial charge in [0.25, 0.3) is 5.91 Å². The Balaban J connectivity index is 0.00000364. The summed E-state index contributed by atoms with van der Waals surface area (Å²) in [5.74, 6) is 1.18. The average Bonchev–Trinajstić information content (AvgIpc) is 3.02. The number of carbonyl (C=O) groups is 1. The van der Waals surface area contributed by atoms with Crippen molar-refractivity contribution in [2.75, 3.05) is 26.7 Å². The summed E-state index contributed by atoms with van der Waals surface area (Å²) in [6, 6.07) is 6.44. The van der Waals surface area contributed by atoms with Crippen molar-refractivity contribution in [1.29, 1.82) is 0 Å². The van der Waals surface area contributed by atoms with Gasteiger partial charge in [0.2, 0.25) is 0 Å². The summed E-state index contributed by atoms with van der Waals surface area (Å²) < 4.78 is 1.71. The van der Waals surface area contributed by atoms with Gasteiger partial charge in [0.1, 0.15) is 17.9 Å². The molecule has 2 rings (SSSR count). The SMILES string of the molecule is CCNC(=NCCNC(=O)c1ccccc1O)N(C)Cc1ncnn1C.I. The van der Waals surface area contributed by atoms with Crippen LogP contribution in [0.25, 0.3) is 0 Å². The van der Waals surface area contributed by atoms with Crippen LogP contribution in [0.4, 0.5) is 0 Å². The number of aromatic hydroxyl groups is 1. The van der Waals surface area contributed by atoms with Gasteiger partial charge in [-0.05, 0) is 19.1 Å². The van der Waals surface area contributed by atoms with Crippen LogP contribution in [-0.4, -0.2) is 63.3 Å². The van der Waals surface area contributed by atoms with E-state index in [4.69, 9.17) is 0 Å². The van der Waals surface area contributed by atoms with Crippen molar-refractivity contribution in [3.8, 4) is 5.75 Å². The fourth-order valence-corrected chi connectivity index (χ4v) is 2.31. The fraction of sp³-hybridized carbons (Fsp3) is 0.412. The molecule has 27 heavy (non-hydrogen) atoms. The van der Waals surface area contributed by atoms with E-state index in [1.165, 1.54) is 12.4 Å². The van der Waals surface area contributed by atoms with E-state index in [0.717, 1.165) is 12.4 Å². The minimum Gasteiger partial charge on any atom is -0.507 e. The van der Waals surface area contributed by atoms with Crippen molar-refractivity contribution < 1.29 is 9.90 Å². The molecule has 0 aliphatic heterocycles. The first kappa shape index (κ1) is 22.7. The maximum absolute atomic E-state index is 12.1. The van der Waals surface area contributed by atoms with Crippen molar-refractivity contribution in [2.45, 2.75) is 13.5 Å². The Kier molecular flexibility index (Phi) is 9.54. The van der Waals surface area contributed by atoms with Crippen molar-refractivity contribution in [3.05, 3.63) is 42.0 Å². The van der Waals surface area contributed by atoms with E-state index in [1.807, 2.05) is 25.9 Å². The lowest BCUT2D eigenvalue weighted by atomic mass is 10.2. The molecule has 1 aromatic carbocycles. The van der Waals surface area contributed by atoms with Gasteiger partial charge in [0.05, 0.1) is 18.7 Å². The number of rotatable bonds is 7. The Morgan fingerprint density at radius 3 is 2.70 bits per heavy atom. The van der Waals surface area contributed by atoms with Crippen LogP contribution in [0.2, 0.25) is 0 Å². The van der Waals surface area contributed by atoms with Crippen LogP contribution in [0.1, 0.15) is 23.1 Å². The third-order valence-electron chi connectivity index (χ3n) is 3.69. The number of phenols is 1. The van der Waals surface area contributed by atoms with Gasteiger partial charge in [0, 0.05) is 27.2 Å². The Morgan fingerprint density at radius 2 is 2.07 bits per heavy atom. The fourth-order valence-electron chi connectivity index (χ4n) is 2.31. The summed E-state index contributed by atoms with van der Waals surface area (Å²) in [7, 11) is 3.76. The third-order valence-corrected chi connectivity index (χ3v) is 3.69. The summed E-state index contributed by atoms with van der Waals surface area (Å²) >= 11 is 0. The summed E-state index contributed by atoms with van der Waals surface area (Å²) in [5.41, 5.74) is 0.253. The van der Waals surface area contributed by atoms with Gasteiger partial charge < -0.3 is 20.6 Å². The van der Waals surface area contributed by atoms with Gasteiger partial charge in [-0.3, -0.25) is 14.5 Å². The molecule has 9 nitrogen and oxygen atoms in total. The molecule has 0 spiro atoms. The van der Waals surface area contributed by atoms with Crippen LogP contribution in [0.3, 0.4) is 0 Å². The molecule has 0 aliphatic carbocycles. The van der Waals surface area contributed by atoms with E-state index in [0.29, 0.717) is 25.6 Å². The zero-order valence-corrected chi connectivity index (χ0v) is 18.0. The maximum Gasteiger partial charge on any atom is 0.255 e. The Hall–Kier alpha value is -2.37. The first-order valence-corrected chi connectivity index (χ1v) is 8.41. The normalized spacial score (nSPS) is 10.9. The highest BCUT2D eigenvalue weighted by Crippen LogP contribution is 2.14. The zero-order chi connectivity index (χ0) is 18.9. The number of nitrogens with zero attached hydrogens (tertiary/aromatic N) is 5. The second-order valence-corrected chi connectivity index (χ2v) is 5.66. The number of benzene rings is 1. The molecule has 0 saturated carbocycles.